The van der Waals surface area contributed by atoms with Crippen molar-refractivity contribution in [3.05, 3.63) is 39.7 Å². The molecule has 0 bridgehead atoms. The molecule has 1 fully saturated rings. The number of aromatic amines is 1. The number of nitrogens with two attached hydrogens (primary N) is 1. The second-order valence-corrected chi connectivity index (χ2v) is 10.8. The molecule has 1 aliphatic rings. The lowest BCUT2D eigenvalue weighted by Gasteiger charge is -2.31. The molecule has 0 saturated carbocycles. The van der Waals surface area contributed by atoms with Crippen molar-refractivity contribution in [3.63, 3.8) is 0 Å². The molecule has 0 spiro atoms. The van der Waals surface area contributed by atoms with Crippen molar-refractivity contribution in [1.29, 1.82) is 0 Å². The number of carbonyl (C=O) groups is 1. The number of fused-ring (bicyclic) bond motifs is 2. The highest BCUT2D eigenvalue weighted by molar-refractivity contribution is 7.19. The smallest absolute Gasteiger partial charge is 0.231 e. The summed E-state index contributed by atoms with van der Waals surface area (Å²) >= 11 is 1.90. The maximum atomic E-state index is 11.3. The van der Waals surface area contributed by atoms with E-state index in [0.717, 1.165) is 48.5 Å². The Morgan fingerprint density at radius 3 is 2.67 bits per heavy atom. The highest BCUT2D eigenvalue weighted by Crippen LogP contribution is 2.45. The third-order valence-electron chi connectivity index (χ3n) is 6.89. The monoisotopic (exact) mass is 464 g/mol. The Hall–Kier alpha value is -2.71. The van der Waals surface area contributed by atoms with E-state index in [9.17, 15) is 4.79 Å². The van der Waals surface area contributed by atoms with E-state index in [1.807, 2.05) is 22.8 Å². The lowest BCUT2D eigenvalue weighted by molar-refractivity contribution is -0.119. The molecule has 5 heterocycles. The fraction of sp³-hybridized carbons (Fsp3) is 0.480. The van der Waals surface area contributed by atoms with E-state index in [0.29, 0.717) is 18.4 Å². The Morgan fingerprint density at radius 2 is 2.00 bits per heavy atom. The van der Waals surface area contributed by atoms with Crippen LogP contribution in [0.5, 0.6) is 0 Å². The number of amides is 1. The molecule has 5 rings (SSSR count). The van der Waals surface area contributed by atoms with Crippen molar-refractivity contribution >= 4 is 33.1 Å². The molecule has 4 aromatic rings. The van der Waals surface area contributed by atoms with Gasteiger partial charge in [-0.1, -0.05) is 13.8 Å². The van der Waals surface area contributed by atoms with Crippen molar-refractivity contribution in [2.24, 2.45) is 5.73 Å². The van der Waals surface area contributed by atoms with E-state index in [-0.39, 0.29) is 5.91 Å². The van der Waals surface area contributed by atoms with Gasteiger partial charge in [0.25, 0.3) is 0 Å². The van der Waals surface area contributed by atoms with Crippen molar-refractivity contribution in [2.45, 2.75) is 59.3 Å². The van der Waals surface area contributed by atoms with Crippen LogP contribution in [0.1, 0.15) is 65.9 Å². The molecule has 0 radical (unpaired) electrons. The van der Waals surface area contributed by atoms with Gasteiger partial charge < -0.3 is 10.7 Å². The molecule has 8 heteroatoms. The Kier molecular flexibility index (Phi) is 5.53. The molecular formula is C25H32N6OS. The summed E-state index contributed by atoms with van der Waals surface area (Å²) in [4.78, 5) is 24.5. The van der Waals surface area contributed by atoms with E-state index >= 15 is 0 Å². The van der Waals surface area contributed by atoms with Crippen molar-refractivity contribution in [1.82, 2.24) is 24.5 Å². The zero-order chi connectivity index (χ0) is 23.4. The normalized spacial score (nSPS) is 15.9. The van der Waals surface area contributed by atoms with Crippen LogP contribution in [0, 0.1) is 20.8 Å². The standard InChI is InChI=1S/C25H32N6OS/c1-13(2)20-21-15(4)23(17-6-8-30(9-7-17)12-19(26)32)33-25(21)28-22(20)18-10-14(3)24-27-16(5)29-31(24)11-18/h10-11,13,17,28H,6-9,12H2,1-5H3,(H2,26,32). The summed E-state index contributed by atoms with van der Waals surface area (Å²) in [5.41, 5.74) is 12.6. The summed E-state index contributed by atoms with van der Waals surface area (Å²) in [5, 5.41) is 5.94. The molecule has 1 aliphatic heterocycles. The maximum absolute atomic E-state index is 11.3. The molecule has 3 N–H and O–H groups in total. The minimum absolute atomic E-state index is 0.238. The minimum atomic E-state index is -0.238. The van der Waals surface area contributed by atoms with E-state index in [4.69, 9.17) is 5.73 Å². The minimum Gasteiger partial charge on any atom is -0.369 e. The lowest BCUT2D eigenvalue weighted by atomic mass is 9.90. The molecule has 7 nitrogen and oxygen atoms in total. The number of pyridine rings is 1. The van der Waals surface area contributed by atoms with Crippen LogP contribution < -0.4 is 5.73 Å². The van der Waals surface area contributed by atoms with Gasteiger partial charge >= 0.3 is 0 Å². The van der Waals surface area contributed by atoms with Gasteiger partial charge in [0.1, 0.15) is 10.7 Å². The van der Waals surface area contributed by atoms with Gasteiger partial charge in [-0.2, -0.15) is 5.10 Å². The van der Waals surface area contributed by atoms with Gasteiger partial charge in [-0.05, 0) is 81.3 Å². The molecule has 0 aromatic carbocycles. The summed E-state index contributed by atoms with van der Waals surface area (Å²) < 4.78 is 1.90. The van der Waals surface area contributed by atoms with E-state index in [1.165, 1.54) is 31.9 Å². The number of aromatic nitrogens is 4. The number of piperidine rings is 1. The van der Waals surface area contributed by atoms with E-state index < -0.39 is 0 Å². The Bertz CT molecular complexity index is 1350. The molecule has 4 aromatic heterocycles. The highest BCUT2D eigenvalue weighted by atomic mass is 32.1. The molecular weight excluding hydrogens is 432 g/mol. The zero-order valence-electron chi connectivity index (χ0n) is 20.0. The first-order valence-electron chi connectivity index (χ1n) is 11.7. The summed E-state index contributed by atoms with van der Waals surface area (Å²) in [6.45, 7) is 13.1. The fourth-order valence-corrected chi connectivity index (χ4v) is 6.81. The quantitative estimate of drug-likeness (QED) is 0.450. The maximum Gasteiger partial charge on any atom is 0.231 e. The predicted molar refractivity (Wildman–Crippen MR) is 134 cm³/mol. The van der Waals surface area contributed by atoms with Crippen molar-refractivity contribution < 1.29 is 4.79 Å². The average molecular weight is 465 g/mol. The van der Waals surface area contributed by atoms with Gasteiger partial charge in [-0.15, -0.1) is 11.3 Å². The predicted octanol–water partition coefficient (Wildman–Crippen LogP) is 4.65. The third kappa shape index (κ3) is 3.85. The summed E-state index contributed by atoms with van der Waals surface area (Å²) in [7, 11) is 0. The number of nitrogens with zero attached hydrogens (tertiary/aromatic N) is 4. The van der Waals surface area contributed by atoms with Gasteiger partial charge in [0.05, 0.1) is 12.2 Å². The molecule has 1 amide bonds. The topological polar surface area (TPSA) is 92.3 Å². The number of aryl methyl sites for hydroxylation is 3. The van der Waals surface area contributed by atoms with Crippen LogP contribution in [-0.2, 0) is 4.79 Å². The third-order valence-corrected chi connectivity index (χ3v) is 8.26. The van der Waals surface area contributed by atoms with Gasteiger partial charge in [-0.25, -0.2) is 9.50 Å². The van der Waals surface area contributed by atoms with Crippen LogP contribution >= 0.6 is 11.3 Å². The second-order valence-electron chi connectivity index (χ2n) is 9.72. The van der Waals surface area contributed by atoms with Crippen LogP contribution in [0.15, 0.2) is 12.3 Å². The number of likely N-dealkylation sites (tertiary alicyclic amines) is 1. The molecule has 174 valence electrons. The first kappa shape index (κ1) is 22.1. The largest absolute Gasteiger partial charge is 0.369 e. The van der Waals surface area contributed by atoms with Crippen molar-refractivity contribution in [3.8, 4) is 11.3 Å². The zero-order valence-corrected chi connectivity index (χ0v) is 20.8. The van der Waals surface area contributed by atoms with Crippen LogP contribution in [0.25, 0.3) is 27.1 Å². The summed E-state index contributed by atoms with van der Waals surface area (Å²) in [6.07, 6.45) is 4.24. The first-order chi connectivity index (χ1) is 15.7. The number of primary amides is 1. The van der Waals surface area contributed by atoms with E-state index in [2.05, 4.69) is 59.9 Å². The van der Waals surface area contributed by atoms with Crippen LogP contribution in [0.4, 0.5) is 0 Å². The van der Waals surface area contributed by atoms with Crippen LogP contribution in [0.3, 0.4) is 0 Å². The number of hydrogen-bond acceptors (Lipinski definition) is 5. The van der Waals surface area contributed by atoms with Crippen LogP contribution in [-0.4, -0.2) is 50.0 Å². The number of H-pyrrole nitrogens is 1. The Balaban J connectivity index is 1.54. The average Bonchev–Trinajstić information content (AvgIpc) is 3.40. The summed E-state index contributed by atoms with van der Waals surface area (Å²) in [6, 6.07) is 2.22. The van der Waals surface area contributed by atoms with Gasteiger partial charge in [-0.3, -0.25) is 9.69 Å². The number of carbonyl (C=O) groups excluding carboxylic acids is 1. The molecule has 33 heavy (non-hydrogen) atoms. The lowest BCUT2D eigenvalue weighted by Crippen LogP contribution is -2.39. The Labute approximate surface area is 198 Å². The molecule has 0 aliphatic carbocycles. The van der Waals surface area contributed by atoms with Gasteiger partial charge in [0.2, 0.25) is 5.91 Å². The van der Waals surface area contributed by atoms with Crippen LogP contribution in [0.2, 0.25) is 0 Å². The summed E-state index contributed by atoms with van der Waals surface area (Å²) in [5.74, 6) is 1.48. The SMILES string of the molecule is Cc1nc2c(C)cc(-c3[nH]c4sc(C5CCN(CC(N)=O)CC5)c(C)c4c3C(C)C)cn2n1. The number of rotatable bonds is 5. The Morgan fingerprint density at radius 1 is 1.27 bits per heavy atom. The molecule has 0 atom stereocenters. The second kappa shape index (κ2) is 8.25. The highest BCUT2D eigenvalue weighted by Gasteiger charge is 2.28. The molecule has 1 saturated heterocycles. The van der Waals surface area contributed by atoms with E-state index in [1.54, 1.807) is 0 Å². The number of nitrogens with one attached hydrogen (secondary N) is 1. The van der Waals surface area contributed by atoms with Gasteiger partial charge in [0.15, 0.2) is 5.65 Å². The molecule has 0 unspecified atom stereocenters. The number of hydrogen-bond donors (Lipinski definition) is 2. The fourth-order valence-electron chi connectivity index (χ4n) is 5.41. The van der Waals surface area contributed by atoms with Crippen molar-refractivity contribution in [2.75, 3.05) is 19.6 Å². The number of thiophene rings is 1. The first-order valence-corrected chi connectivity index (χ1v) is 12.5. The van der Waals surface area contributed by atoms with Gasteiger partial charge in [0, 0.05) is 22.0 Å².